The van der Waals surface area contributed by atoms with Crippen molar-refractivity contribution in [2.24, 2.45) is 5.92 Å². The molecule has 1 aromatic rings. The van der Waals surface area contributed by atoms with Gasteiger partial charge in [-0.1, -0.05) is 19.1 Å². The van der Waals surface area contributed by atoms with Gasteiger partial charge >= 0.3 is 0 Å². The van der Waals surface area contributed by atoms with E-state index in [9.17, 15) is 4.79 Å². The number of morpholine rings is 1. The predicted octanol–water partition coefficient (Wildman–Crippen LogP) is 3.60. The van der Waals surface area contributed by atoms with Gasteiger partial charge in [0.1, 0.15) is 0 Å². The van der Waals surface area contributed by atoms with Crippen molar-refractivity contribution in [1.29, 1.82) is 0 Å². The molecule has 25 heavy (non-hydrogen) atoms. The van der Waals surface area contributed by atoms with Crippen LogP contribution >= 0.6 is 0 Å². The van der Waals surface area contributed by atoms with E-state index in [0.29, 0.717) is 6.04 Å². The number of carbonyl (C=O) groups excluding carboxylic acids is 1. The molecular formula is C21H32N2O2. The maximum Gasteiger partial charge on any atom is 0.251 e. The van der Waals surface area contributed by atoms with Crippen molar-refractivity contribution >= 4 is 5.91 Å². The lowest BCUT2D eigenvalue weighted by atomic mass is 9.87. The topological polar surface area (TPSA) is 41.6 Å². The summed E-state index contributed by atoms with van der Waals surface area (Å²) in [5, 5.41) is 3.20. The van der Waals surface area contributed by atoms with Crippen LogP contribution in [0.25, 0.3) is 0 Å². The maximum atomic E-state index is 12.4. The van der Waals surface area contributed by atoms with Crippen LogP contribution in [-0.4, -0.2) is 42.1 Å². The standard InChI is InChI=1S/C21H32N2O2/c1-15-4-10-20(11-5-15)22-21(24)19-8-6-18(7-9-19)14-23-12-16(2)25-17(3)13-23/h6-9,15-17,20H,4-5,10-14H2,1-3H3,(H,22,24). The summed E-state index contributed by atoms with van der Waals surface area (Å²) in [7, 11) is 0. The first-order valence-electron chi connectivity index (χ1n) is 9.77. The smallest absolute Gasteiger partial charge is 0.251 e. The van der Waals surface area contributed by atoms with Gasteiger partial charge < -0.3 is 10.1 Å². The fourth-order valence-electron chi connectivity index (χ4n) is 4.11. The van der Waals surface area contributed by atoms with E-state index in [-0.39, 0.29) is 18.1 Å². The minimum absolute atomic E-state index is 0.0692. The van der Waals surface area contributed by atoms with Crippen molar-refractivity contribution in [3.8, 4) is 0 Å². The highest BCUT2D eigenvalue weighted by molar-refractivity contribution is 5.94. The second-order valence-electron chi connectivity index (χ2n) is 8.08. The van der Waals surface area contributed by atoms with E-state index in [1.807, 2.05) is 12.1 Å². The SMILES string of the molecule is CC1CCC(NC(=O)c2ccc(CN3CC(C)OC(C)C3)cc2)CC1. The number of nitrogens with one attached hydrogen (secondary N) is 1. The Hall–Kier alpha value is -1.39. The average molecular weight is 344 g/mol. The molecule has 2 aliphatic rings. The second kappa shape index (κ2) is 8.33. The molecular weight excluding hydrogens is 312 g/mol. The first kappa shape index (κ1) is 18.4. The highest BCUT2D eigenvalue weighted by atomic mass is 16.5. The molecule has 2 fully saturated rings. The number of hydrogen-bond donors (Lipinski definition) is 1. The number of ether oxygens (including phenoxy) is 1. The normalized spacial score (nSPS) is 30.8. The van der Waals surface area contributed by atoms with Crippen LogP contribution in [0.15, 0.2) is 24.3 Å². The molecule has 1 saturated heterocycles. The van der Waals surface area contributed by atoms with Gasteiger partial charge in [0.25, 0.3) is 5.91 Å². The number of nitrogens with zero attached hydrogens (tertiary/aromatic N) is 1. The van der Waals surface area contributed by atoms with Crippen molar-refractivity contribution in [2.45, 2.75) is 71.2 Å². The van der Waals surface area contributed by atoms with Gasteiger partial charge in [-0.2, -0.15) is 0 Å². The Labute approximate surface area is 151 Å². The first-order valence-corrected chi connectivity index (χ1v) is 9.77. The first-order chi connectivity index (χ1) is 12.0. The molecule has 1 amide bonds. The van der Waals surface area contributed by atoms with Crippen molar-refractivity contribution in [3.05, 3.63) is 35.4 Å². The third kappa shape index (κ3) is 5.29. The Kier molecular flexibility index (Phi) is 6.13. The number of carbonyl (C=O) groups is 1. The number of rotatable bonds is 4. The Bertz CT molecular complexity index is 554. The molecule has 1 N–H and O–H groups in total. The molecule has 3 rings (SSSR count). The molecule has 0 bridgehead atoms. The van der Waals surface area contributed by atoms with Crippen LogP contribution in [0.5, 0.6) is 0 Å². The summed E-state index contributed by atoms with van der Waals surface area (Å²) in [5.74, 6) is 0.873. The molecule has 138 valence electrons. The van der Waals surface area contributed by atoms with Crippen LogP contribution in [0, 0.1) is 5.92 Å². The largest absolute Gasteiger partial charge is 0.373 e. The van der Waals surface area contributed by atoms with Gasteiger partial charge in [0.2, 0.25) is 0 Å². The Morgan fingerprint density at radius 3 is 2.24 bits per heavy atom. The van der Waals surface area contributed by atoms with E-state index < -0.39 is 0 Å². The number of amides is 1. The molecule has 1 aromatic carbocycles. The van der Waals surface area contributed by atoms with E-state index in [2.05, 4.69) is 43.1 Å². The number of hydrogen-bond acceptors (Lipinski definition) is 3. The van der Waals surface area contributed by atoms with Gasteiger partial charge in [0.05, 0.1) is 12.2 Å². The molecule has 2 atom stereocenters. The summed E-state index contributed by atoms with van der Waals surface area (Å²) >= 11 is 0. The van der Waals surface area contributed by atoms with Crippen LogP contribution in [0.2, 0.25) is 0 Å². The van der Waals surface area contributed by atoms with Gasteiger partial charge in [0, 0.05) is 31.2 Å². The lowest BCUT2D eigenvalue weighted by molar-refractivity contribution is -0.0704. The summed E-state index contributed by atoms with van der Waals surface area (Å²) in [6.07, 6.45) is 5.23. The summed E-state index contributed by atoms with van der Waals surface area (Å²) in [6, 6.07) is 8.44. The summed E-state index contributed by atoms with van der Waals surface area (Å²) in [5.41, 5.74) is 2.02. The van der Waals surface area contributed by atoms with Gasteiger partial charge in [0.15, 0.2) is 0 Å². The monoisotopic (exact) mass is 344 g/mol. The van der Waals surface area contributed by atoms with Crippen LogP contribution < -0.4 is 5.32 Å². The zero-order valence-electron chi connectivity index (χ0n) is 15.8. The van der Waals surface area contributed by atoms with E-state index >= 15 is 0 Å². The van der Waals surface area contributed by atoms with Crippen molar-refractivity contribution in [3.63, 3.8) is 0 Å². The zero-order chi connectivity index (χ0) is 17.8. The lowest BCUT2D eigenvalue weighted by Gasteiger charge is -2.35. The van der Waals surface area contributed by atoms with Crippen LogP contribution in [0.1, 0.15) is 62.4 Å². The van der Waals surface area contributed by atoms with Gasteiger partial charge in [-0.25, -0.2) is 0 Å². The average Bonchev–Trinajstić information content (AvgIpc) is 2.56. The predicted molar refractivity (Wildman–Crippen MR) is 101 cm³/mol. The van der Waals surface area contributed by atoms with Crippen molar-refractivity contribution in [1.82, 2.24) is 10.2 Å². The highest BCUT2D eigenvalue weighted by Crippen LogP contribution is 2.23. The fourth-order valence-corrected chi connectivity index (χ4v) is 4.11. The minimum Gasteiger partial charge on any atom is -0.373 e. The fraction of sp³-hybridized carbons (Fsp3) is 0.667. The summed E-state index contributed by atoms with van der Waals surface area (Å²) in [6.45, 7) is 9.40. The lowest BCUT2D eigenvalue weighted by Crippen LogP contribution is -2.44. The minimum atomic E-state index is 0.0692. The molecule has 0 aromatic heterocycles. The van der Waals surface area contributed by atoms with Gasteiger partial charge in [-0.15, -0.1) is 0 Å². The molecule has 0 radical (unpaired) electrons. The third-order valence-corrected chi connectivity index (χ3v) is 5.47. The molecule has 4 heteroatoms. The van der Waals surface area contributed by atoms with E-state index in [1.54, 1.807) is 0 Å². The van der Waals surface area contributed by atoms with Crippen LogP contribution in [-0.2, 0) is 11.3 Å². The van der Waals surface area contributed by atoms with Gasteiger partial charge in [-0.05, 0) is 63.1 Å². The van der Waals surface area contributed by atoms with Crippen molar-refractivity contribution in [2.75, 3.05) is 13.1 Å². The molecule has 1 aliphatic heterocycles. The third-order valence-electron chi connectivity index (χ3n) is 5.47. The van der Waals surface area contributed by atoms with E-state index in [1.165, 1.54) is 18.4 Å². The molecule has 1 heterocycles. The van der Waals surface area contributed by atoms with E-state index in [4.69, 9.17) is 4.74 Å². The Morgan fingerprint density at radius 1 is 1.04 bits per heavy atom. The molecule has 0 spiro atoms. The molecule has 2 unspecified atom stereocenters. The quantitative estimate of drug-likeness (QED) is 0.907. The Balaban J connectivity index is 1.52. The van der Waals surface area contributed by atoms with Gasteiger partial charge in [-0.3, -0.25) is 9.69 Å². The number of benzene rings is 1. The summed E-state index contributed by atoms with van der Waals surface area (Å²) < 4.78 is 5.79. The second-order valence-corrected chi connectivity index (χ2v) is 8.08. The Morgan fingerprint density at radius 2 is 1.64 bits per heavy atom. The van der Waals surface area contributed by atoms with Crippen molar-refractivity contribution < 1.29 is 9.53 Å². The molecule has 1 saturated carbocycles. The van der Waals surface area contributed by atoms with E-state index in [0.717, 1.165) is 44.0 Å². The molecule has 1 aliphatic carbocycles. The van der Waals surface area contributed by atoms with Crippen LogP contribution in [0.3, 0.4) is 0 Å². The molecule has 4 nitrogen and oxygen atoms in total. The highest BCUT2D eigenvalue weighted by Gasteiger charge is 2.22. The maximum absolute atomic E-state index is 12.4. The summed E-state index contributed by atoms with van der Waals surface area (Å²) in [4.78, 5) is 14.9. The zero-order valence-corrected chi connectivity index (χ0v) is 15.8. The van der Waals surface area contributed by atoms with Crippen LogP contribution in [0.4, 0.5) is 0 Å².